The van der Waals surface area contributed by atoms with Crippen LogP contribution < -0.4 is 5.56 Å². The second kappa shape index (κ2) is 6.09. The van der Waals surface area contributed by atoms with Crippen molar-refractivity contribution < 1.29 is 13.2 Å². The van der Waals surface area contributed by atoms with Crippen LogP contribution in [-0.2, 0) is 16.4 Å². The van der Waals surface area contributed by atoms with Crippen LogP contribution in [0.15, 0.2) is 28.0 Å². The Hall–Kier alpha value is -1.86. The highest BCUT2D eigenvalue weighted by atomic mass is 35.5. The fraction of sp³-hybridized carbons (Fsp3) is 0.444. The number of carbonyl (C=O) groups excluding carboxylic acids is 1. The number of sulfone groups is 1. The SMILES string of the molecule is CCn1[nH]cc(C(=O)c2ccc3c(c2C)C(Cl)C(C)(C)CS3(=O)=O)c1=O. The van der Waals surface area contributed by atoms with E-state index in [0.717, 1.165) is 0 Å². The van der Waals surface area contributed by atoms with Crippen molar-refractivity contribution in [1.82, 2.24) is 9.78 Å². The average Bonchev–Trinajstić information content (AvgIpc) is 2.92. The fourth-order valence-electron chi connectivity index (χ4n) is 3.52. The quantitative estimate of drug-likeness (QED) is 0.638. The first-order chi connectivity index (χ1) is 12.0. The Morgan fingerprint density at radius 2 is 2.00 bits per heavy atom. The number of nitrogens with one attached hydrogen (secondary N) is 1. The van der Waals surface area contributed by atoms with Crippen molar-refractivity contribution in [3.63, 3.8) is 0 Å². The molecule has 0 spiro atoms. The molecule has 1 unspecified atom stereocenters. The summed E-state index contributed by atoms with van der Waals surface area (Å²) in [5.41, 5.74) is 0.223. The van der Waals surface area contributed by atoms with Crippen molar-refractivity contribution in [2.75, 3.05) is 5.75 Å². The molecule has 0 saturated heterocycles. The molecular formula is C18H21ClN2O4S. The van der Waals surface area contributed by atoms with E-state index in [1.165, 1.54) is 23.0 Å². The number of aromatic nitrogens is 2. The summed E-state index contributed by atoms with van der Waals surface area (Å²) in [6.45, 7) is 7.49. The van der Waals surface area contributed by atoms with E-state index in [9.17, 15) is 18.0 Å². The molecule has 0 saturated carbocycles. The number of hydrogen-bond acceptors (Lipinski definition) is 4. The Morgan fingerprint density at radius 3 is 2.58 bits per heavy atom. The van der Waals surface area contributed by atoms with Gasteiger partial charge in [0.15, 0.2) is 15.6 Å². The summed E-state index contributed by atoms with van der Waals surface area (Å²) in [7, 11) is -3.49. The molecule has 0 aliphatic carbocycles. The number of H-pyrrole nitrogens is 1. The number of rotatable bonds is 3. The van der Waals surface area contributed by atoms with Crippen molar-refractivity contribution in [3.8, 4) is 0 Å². The molecule has 1 aromatic heterocycles. The molecule has 1 aliphatic heterocycles. The lowest BCUT2D eigenvalue weighted by atomic mass is 9.83. The van der Waals surface area contributed by atoms with Gasteiger partial charge >= 0.3 is 0 Å². The van der Waals surface area contributed by atoms with Gasteiger partial charge in [0, 0.05) is 18.3 Å². The molecule has 0 amide bonds. The van der Waals surface area contributed by atoms with Gasteiger partial charge in [0.05, 0.1) is 16.0 Å². The first-order valence-electron chi connectivity index (χ1n) is 8.34. The predicted molar refractivity (Wildman–Crippen MR) is 99.8 cm³/mol. The van der Waals surface area contributed by atoms with Crippen molar-refractivity contribution in [1.29, 1.82) is 0 Å². The van der Waals surface area contributed by atoms with Crippen molar-refractivity contribution >= 4 is 27.2 Å². The van der Waals surface area contributed by atoms with Gasteiger partial charge < -0.3 is 5.10 Å². The first-order valence-corrected chi connectivity index (χ1v) is 10.4. The number of hydrogen-bond donors (Lipinski definition) is 1. The topological polar surface area (TPSA) is 89.0 Å². The zero-order valence-electron chi connectivity index (χ0n) is 15.1. The monoisotopic (exact) mass is 396 g/mol. The summed E-state index contributed by atoms with van der Waals surface area (Å²) in [5, 5.41) is 2.20. The molecule has 0 bridgehead atoms. The molecule has 2 aromatic rings. The molecular weight excluding hydrogens is 376 g/mol. The number of aromatic amines is 1. The van der Waals surface area contributed by atoms with Gasteiger partial charge in [-0.05, 0) is 42.5 Å². The van der Waals surface area contributed by atoms with Crippen LogP contribution >= 0.6 is 11.6 Å². The number of ketones is 1. The Morgan fingerprint density at radius 1 is 1.35 bits per heavy atom. The van der Waals surface area contributed by atoms with E-state index in [1.807, 2.05) is 0 Å². The van der Waals surface area contributed by atoms with Crippen LogP contribution in [0.25, 0.3) is 0 Å². The van der Waals surface area contributed by atoms with Gasteiger partial charge in [-0.1, -0.05) is 13.8 Å². The minimum Gasteiger partial charge on any atom is -0.302 e. The highest BCUT2D eigenvalue weighted by Crippen LogP contribution is 2.49. The summed E-state index contributed by atoms with van der Waals surface area (Å²) in [5.74, 6) is -0.490. The van der Waals surface area contributed by atoms with Gasteiger partial charge in [0.2, 0.25) is 0 Å². The number of fused-ring (bicyclic) bond motifs is 1. The number of aryl methyl sites for hydroxylation is 1. The van der Waals surface area contributed by atoms with Crippen LogP contribution in [0.3, 0.4) is 0 Å². The van der Waals surface area contributed by atoms with Crippen molar-refractivity contribution in [3.05, 3.63) is 50.9 Å². The smallest absolute Gasteiger partial charge is 0.277 e. The van der Waals surface area contributed by atoms with E-state index >= 15 is 0 Å². The van der Waals surface area contributed by atoms with E-state index in [0.29, 0.717) is 23.2 Å². The molecule has 2 heterocycles. The van der Waals surface area contributed by atoms with Crippen molar-refractivity contribution in [2.24, 2.45) is 5.41 Å². The molecule has 1 aliphatic rings. The van der Waals surface area contributed by atoms with Gasteiger partial charge in [0.1, 0.15) is 5.56 Å². The van der Waals surface area contributed by atoms with Gasteiger partial charge in [0.25, 0.3) is 5.56 Å². The Kier molecular flexibility index (Phi) is 4.43. The van der Waals surface area contributed by atoms with E-state index in [1.54, 1.807) is 27.7 Å². The van der Waals surface area contributed by atoms with Crippen LogP contribution in [0.4, 0.5) is 0 Å². The summed E-state index contributed by atoms with van der Waals surface area (Å²) in [6, 6.07) is 2.90. The minimum atomic E-state index is -3.49. The lowest BCUT2D eigenvalue weighted by Crippen LogP contribution is -2.35. The molecule has 26 heavy (non-hydrogen) atoms. The Labute approximate surface area is 157 Å². The summed E-state index contributed by atoms with van der Waals surface area (Å²) < 4.78 is 26.6. The average molecular weight is 397 g/mol. The molecule has 0 fully saturated rings. The zero-order chi connectivity index (χ0) is 19.4. The predicted octanol–water partition coefficient (Wildman–Crippen LogP) is 2.83. The molecule has 8 heteroatoms. The minimum absolute atomic E-state index is 0.0268. The van der Waals surface area contributed by atoms with Crippen LogP contribution in [0, 0.1) is 12.3 Å². The fourth-order valence-corrected chi connectivity index (χ4v) is 6.22. The third-order valence-corrected chi connectivity index (χ3v) is 7.92. The number of nitrogens with zero attached hydrogens (tertiary/aromatic N) is 1. The number of carbonyl (C=O) groups is 1. The Bertz CT molecular complexity index is 1060. The van der Waals surface area contributed by atoms with Gasteiger partial charge in [-0.2, -0.15) is 0 Å². The summed E-state index contributed by atoms with van der Waals surface area (Å²) in [4.78, 5) is 25.4. The maximum atomic E-state index is 12.9. The van der Waals surface area contributed by atoms with E-state index in [4.69, 9.17) is 11.6 Å². The molecule has 1 aromatic carbocycles. The van der Waals surface area contributed by atoms with Crippen LogP contribution in [-0.4, -0.2) is 29.7 Å². The lowest BCUT2D eigenvalue weighted by molar-refractivity contribution is 0.103. The third-order valence-electron chi connectivity index (χ3n) is 4.96. The van der Waals surface area contributed by atoms with E-state index < -0.39 is 32.0 Å². The number of benzene rings is 1. The summed E-state index contributed by atoms with van der Waals surface area (Å²) in [6.07, 6.45) is 1.38. The molecule has 140 valence electrons. The number of alkyl halides is 1. The molecule has 1 N–H and O–H groups in total. The van der Waals surface area contributed by atoms with Crippen LogP contribution in [0.2, 0.25) is 0 Å². The van der Waals surface area contributed by atoms with Crippen LogP contribution in [0.1, 0.15) is 53.2 Å². The largest absolute Gasteiger partial charge is 0.302 e. The maximum absolute atomic E-state index is 12.9. The second-order valence-corrected chi connectivity index (χ2v) is 9.72. The molecule has 0 radical (unpaired) electrons. The maximum Gasteiger partial charge on any atom is 0.277 e. The molecule has 3 rings (SSSR count). The molecule has 6 nitrogen and oxygen atoms in total. The molecule has 1 atom stereocenters. The first kappa shape index (κ1) is 18.9. The Balaban J connectivity index is 2.21. The third kappa shape index (κ3) is 2.74. The summed E-state index contributed by atoms with van der Waals surface area (Å²) >= 11 is 6.60. The highest BCUT2D eigenvalue weighted by molar-refractivity contribution is 7.91. The van der Waals surface area contributed by atoms with E-state index in [-0.39, 0.29) is 16.2 Å². The van der Waals surface area contributed by atoms with Crippen molar-refractivity contribution in [2.45, 2.75) is 44.5 Å². The highest BCUT2D eigenvalue weighted by Gasteiger charge is 2.44. The van der Waals surface area contributed by atoms with Gasteiger partial charge in [-0.25, -0.2) is 8.42 Å². The second-order valence-electron chi connectivity index (χ2n) is 7.33. The van der Waals surface area contributed by atoms with Gasteiger partial charge in [-0.15, -0.1) is 11.6 Å². The number of halogens is 1. The standard InChI is InChI=1S/C18H21ClN2O4S/c1-5-21-17(23)12(8-20-21)15(22)11-6-7-13-14(10(11)2)16(19)18(3,4)9-26(13,24)25/h6-8,16,20H,5,9H2,1-4H3. The van der Waals surface area contributed by atoms with Crippen LogP contribution in [0.5, 0.6) is 0 Å². The van der Waals surface area contributed by atoms with Gasteiger partial charge in [-0.3, -0.25) is 14.3 Å². The van der Waals surface area contributed by atoms with E-state index in [2.05, 4.69) is 5.10 Å². The normalized spacial score (nSPS) is 20.6. The lowest BCUT2D eigenvalue weighted by Gasteiger charge is -2.37. The zero-order valence-corrected chi connectivity index (χ0v) is 16.7.